The maximum atomic E-state index is 12.2. The average Bonchev–Trinajstić information content (AvgIpc) is 2.15. The number of ether oxygens (including phenoxy) is 1. The van der Waals surface area contributed by atoms with Crippen LogP contribution in [0.3, 0.4) is 0 Å². The first kappa shape index (κ1) is 12.4. The molecule has 0 amide bonds. The van der Waals surface area contributed by atoms with Gasteiger partial charge < -0.3 is 0 Å². The number of halogens is 4. The fourth-order valence-corrected chi connectivity index (χ4v) is 1.95. The van der Waals surface area contributed by atoms with Crippen LogP contribution in [0.4, 0.5) is 13.2 Å². The van der Waals surface area contributed by atoms with E-state index in [0.29, 0.717) is 16.4 Å². The molecule has 1 unspecified atom stereocenters. The van der Waals surface area contributed by atoms with Crippen LogP contribution in [0.1, 0.15) is 18.2 Å². The van der Waals surface area contributed by atoms with Gasteiger partial charge in [-0.05, 0) is 24.6 Å². The lowest BCUT2D eigenvalue weighted by Crippen LogP contribution is -2.37. The molecule has 0 N–H and O–H groups in total. The molecule has 92 valence electrons. The Morgan fingerprint density at radius 1 is 1.41 bits per heavy atom. The van der Waals surface area contributed by atoms with Crippen molar-refractivity contribution in [1.29, 1.82) is 0 Å². The Hall–Kier alpha value is -1.07. The van der Waals surface area contributed by atoms with E-state index in [4.69, 9.17) is 11.6 Å². The predicted octanol–water partition coefficient (Wildman–Crippen LogP) is 3.60. The van der Waals surface area contributed by atoms with Crippen LogP contribution in [0.5, 0.6) is 0 Å². The minimum atomic E-state index is -4.66. The zero-order chi connectivity index (χ0) is 12.7. The van der Waals surface area contributed by atoms with E-state index in [0.717, 1.165) is 0 Å². The first-order valence-electron chi connectivity index (χ1n) is 4.89. The second kappa shape index (κ2) is 3.99. The highest BCUT2D eigenvalue weighted by Crippen LogP contribution is 2.33. The summed E-state index contributed by atoms with van der Waals surface area (Å²) in [6.45, 7) is 1.38. The smallest absolute Gasteiger partial charge is 0.281 e. The van der Waals surface area contributed by atoms with Crippen LogP contribution in [0.2, 0.25) is 5.15 Å². The van der Waals surface area contributed by atoms with Gasteiger partial charge >= 0.3 is 6.36 Å². The molecule has 17 heavy (non-hydrogen) atoms. The van der Waals surface area contributed by atoms with Crippen LogP contribution in [0, 0.1) is 0 Å². The van der Waals surface area contributed by atoms with Crippen molar-refractivity contribution in [2.24, 2.45) is 0 Å². The van der Waals surface area contributed by atoms with E-state index in [2.05, 4.69) is 9.72 Å². The Balaban J connectivity index is 2.27. The van der Waals surface area contributed by atoms with Crippen LogP contribution in [-0.2, 0) is 11.2 Å². The van der Waals surface area contributed by atoms with E-state index in [1.165, 1.54) is 19.1 Å². The SMILES string of the molecule is CC1(OC(F)(F)F)C=Cc2nc(Cl)ccc2C1. The van der Waals surface area contributed by atoms with Gasteiger partial charge in [0.2, 0.25) is 0 Å². The van der Waals surface area contributed by atoms with Crippen LogP contribution in [0.15, 0.2) is 18.2 Å². The molecule has 0 spiro atoms. The molecule has 1 aliphatic rings. The Morgan fingerprint density at radius 2 is 2.12 bits per heavy atom. The molecular weight excluding hydrogens is 255 g/mol. The van der Waals surface area contributed by atoms with Gasteiger partial charge in [-0.1, -0.05) is 23.7 Å². The average molecular weight is 264 g/mol. The number of fused-ring (bicyclic) bond motifs is 1. The second-order valence-electron chi connectivity index (χ2n) is 4.05. The number of alkyl halides is 3. The quantitative estimate of drug-likeness (QED) is 0.722. The molecule has 1 atom stereocenters. The van der Waals surface area contributed by atoms with Gasteiger partial charge in [0, 0.05) is 6.42 Å². The standard InChI is InChI=1S/C11H9ClF3NO/c1-10(17-11(13,14)15)5-4-8-7(6-10)2-3-9(12)16-8/h2-5H,6H2,1H3. The van der Waals surface area contributed by atoms with Crippen molar-refractivity contribution < 1.29 is 17.9 Å². The first-order chi connectivity index (χ1) is 7.77. The van der Waals surface area contributed by atoms with Gasteiger partial charge in [-0.25, -0.2) is 4.98 Å². The Labute approximate surface area is 101 Å². The summed E-state index contributed by atoms with van der Waals surface area (Å²) in [5, 5.41) is 0.314. The molecule has 0 bridgehead atoms. The molecule has 0 saturated carbocycles. The number of pyridine rings is 1. The summed E-state index contributed by atoms with van der Waals surface area (Å²) < 4.78 is 40.8. The van der Waals surface area contributed by atoms with E-state index in [9.17, 15) is 13.2 Å². The zero-order valence-corrected chi connectivity index (χ0v) is 9.64. The number of hydrogen-bond acceptors (Lipinski definition) is 2. The van der Waals surface area contributed by atoms with Gasteiger partial charge in [-0.2, -0.15) is 0 Å². The van der Waals surface area contributed by atoms with Gasteiger partial charge in [0.15, 0.2) is 0 Å². The van der Waals surface area contributed by atoms with Gasteiger partial charge in [0.1, 0.15) is 5.15 Å². The van der Waals surface area contributed by atoms with Gasteiger partial charge in [0.25, 0.3) is 0 Å². The fraction of sp³-hybridized carbons (Fsp3) is 0.364. The van der Waals surface area contributed by atoms with Gasteiger partial charge in [-0.15, -0.1) is 13.2 Å². The molecular formula is C11H9ClF3NO. The maximum absolute atomic E-state index is 12.2. The second-order valence-corrected chi connectivity index (χ2v) is 4.44. The normalized spacial score (nSPS) is 23.6. The van der Waals surface area contributed by atoms with Crippen molar-refractivity contribution in [3.05, 3.63) is 34.6 Å². The number of hydrogen-bond donors (Lipinski definition) is 0. The third-order valence-electron chi connectivity index (χ3n) is 2.46. The largest absolute Gasteiger partial charge is 0.523 e. The summed E-state index contributed by atoms with van der Waals surface area (Å²) in [4.78, 5) is 4.02. The van der Waals surface area contributed by atoms with Crippen LogP contribution in [0.25, 0.3) is 6.08 Å². The Morgan fingerprint density at radius 3 is 2.76 bits per heavy atom. The molecule has 0 fully saturated rings. The summed E-state index contributed by atoms with van der Waals surface area (Å²) in [6, 6.07) is 3.21. The van der Waals surface area contributed by atoms with Crippen molar-refractivity contribution in [3.63, 3.8) is 0 Å². The molecule has 0 aromatic carbocycles. The molecule has 1 aliphatic carbocycles. The third-order valence-corrected chi connectivity index (χ3v) is 2.67. The summed E-state index contributed by atoms with van der Waals surface area (Å²) in [7, 11) is 0. The topological polar surface area (TPSA) is 22.1 Å². The zero-order valence-electron chi connectivity index (χ0n) is 8.88. The molecule has 2 rings (SSSR count). The molecule has 0 saturated heterocycles. The van der Waals surface area contributed by atoms with Crippen LogP contribution < -0.4 is 0 Å². The van der Waals surface area contributed by atoms with Crippen LogP contribution >= 0.6 is 11.6 Å². The monoisotopic (exact) mass is 263 g/mol. The fourth-order valence-electron chi connectivity index (χ4n) is 1.80. The Kier molecular flexibility index (Phi) is 2.91. The lowest BCUT2D eigenvalue weighted by atomic mass is 9.90. The van der Waals surface area contributed by atoms with E-state index >= 15 is 0 Å². The Bertz CT molecular complexity index is 472. The van der Waals surface area contributed by atoms with Crippen molar-refractivity contribution in [3.8, 4) is 0 Å². The van der Waals surface area contributed by atoms with E-state index < -0.39 is 12.0 Å². The van der Waals surface area contributed by atoms with Crippen LogP contribution in [-0.4, -0.2) is 16.9 Å². The van der Waals surface area contributed by atoms with Crippen molar-refractivity contribution in [2.45, 2.75) is 25.3 Å². The summed E-state index contributed by atoms with van der Waals surface area (Å²) >= 11 is 5.70. The lowest BCUT2D eigenvalue weighted by molar-refractivity contribution is -0.355. The molecule has 6 heteroatoms. The third kappa shape index (κ3) is 2.98. The maximum Gasteiger partial charge on any atom is 0.523 e. The first-order valence-corrected chi connectivity index (χ1v) is 5.27. The number of nitrogens with zero attached hydrogens (tertiary/aromatic N) is 1. The molecule has 0 aliphatic heterocycles. The molecule has 1 aromatic rings. The lowest BCUT2D eigenvalue weighted by Gasteiger charge is -2.30. The summed E-state index contributed by atoms with van der Waals surface area (Å²) in [5.74, 6) is 0. The summed E-state index contributed by atoms with van der Waals surface area (Å²) in [5.41, 5.74) is -0.120. The highest BCUT2D eigenvalue weighted by Gasteiger charge is 2.40. The van der Waals surface area contributed by atoms with Crippen molar-refractivity contribution in [1.82, 2.24) is 4.98 Å². The highest BCUT2D eigenvalue weighted by molar-refractivity contribution is 6.29. The number of aromatic nitrogens is 1. The highest BCUT2D eigenvalue weighted by atomic mass is 35.5. The van der Waals surface area contributed by atoms with Gasteiger partial charge in [-0.3, -0.25) is 4.74 Å². The minimum absolute atomic E-state index is 0.114. The number of rotatable bonds is 1. The minimum Gasteiger partial charge on any atom is -0.281 e. The molecule has 1 aromatic heterocycles. The van der Waals surface area contributed by atoms with Gasteiger partial charge in [0.05, 0.1) is 11.3 Å². The predicted molar refractivity (Wildman–Crippen MR) is 57.5 cm³/mol. The van der Waals surface area contributed by atoms with E-state index in [1.54, 1.807) is 12.1 Å². The molecule has 2 nitrogen and oxygen atoms in total. The van der Waals surface area contributed by atoms with Crippen molar-refractivity contribution in [2.75, 3.05) is 0 Å². The van der Waals surface area contributed by atoms with Crippen molar-refractivity contribution >= 4 is 17.7 Å². The molecule has 1 heterocycles. The van der Waals surface area contributed by atoms with E-state index in [-0.39, 0.29) is 6.42 Å². The van der Waals surface area contributed by atoms with E-state index in [1.807, 2.05) is 0 Å². The molecule has 0 radical (unpaired) electrons. The summed E-state index contributed by atoms with van der Waals surface area (Å²) in [6.07, 6.45) is -1.69.